The monoisotopic (exact) mass is 447 g/mol. The Kier molecular flexibility index (Phi) is 7.50. The lowest BCUT2D eigenvalue weighted by Crippen LogP contribution is -2.46. The van der Waals surface area contributed by atoms with Crippen LogP contribution in [-0.4, -0.2) is 55.1 Å². The zero-order chi connectivity index (χ0) is 22.4. The zero-order valence-corrected chi connectivity index (χ0v) is 18.7. The molecular formula is C22H29N3O5S. The van der Waals surface area contributed by atoms with Crippen molar-refractivity contribution >= 4 is 27.5 Å². The van der Waals surface area contributed by atoms with E-state index < -0.39 is 22.0 Å². The number of piperidine rings is 1. The summed E-state index contributed by atoms with van der Waals surface area (Å²) in [4.78, 5) is 27.2. The van der Waals surface area contributed by atoms with Crippen LogP contribution in [0.4, 0.5) is 5.69 Å². The van der Waals surface area contributed by atoms with Gasteiger partial charge in [-0.05, 0) is 50.5 Å². The molecule has 8 nitrogen and oxygen atoms in total. The van der Waals surface area contributed by atoms with Crippen LogP contribution in [0.15, 0.2) is 52.0 Å². The van der Waals surface area contributed by atoms with Gasteiger partial charge in [0.15, 0.2) is 5.76 Å². The van der Waals surface area contributed by atoms with Gasteiger partial charge < -0.3 is 14.6 Å². The van der Waals surface area contributed by atoms with Crippen molar-refractivity contribution in [3.63, 3.8) is 0 Å². The van der Waals surface area contributed by atoms with Crippen molar-refractivity contribution in [3.05, 3.63) is 48.2 Å². The molecule has 9 heteroatoms. The zero-order valence-electron chi connectivity index (χ0n) is 17.9. The van der Waals surface area contributed by atoms with Crippen LogP contribution in [0.3, 0.4) is 0 Å². The van der Waals surface area contributed by atoms with Crippen LogP contribution in [0.1, 0.15) is 50.1 Å². The van der Waals surface area contributed by atoms with Gasteiger partial charge in [-0.25, -0.2) is 8.42 Å². The Morgan fingerprint density at radius 2 is 1.77 bits per heavy atom. The van der Waals surface area contributed by atoms with Crippen molar-refractivity contribution in [1.82, 2.24) is 9.21 Å². The van der Waals surface area contributed by atoms with E-state index in [2.05, 4.69) is 5.32 Å². The highest BCUT2D eigenvalue weighted by atomic mass is 32.2. The molecule has 3 rings (SSSR count). The Morgan fingerprint density at radius 3 is 2.42 bits per heavy atom. The van der Waals surface area contributed by atoms with E-state index in [0.29, 0.717) is 31.7 Å². The number of carbonyl (C=O) groups is 2. The van der Waals surface area contributed by atoms with E-state index in [9.17, 15) is 18.0 Å². The molecule has 1 fully saturated rings. The molecule has 0 saturated carbocycles. The Labute approximate surface area is 183 Å². The van der Waals surface area contributed by atoms with Crippen molar-refractivity contribution in [1.29, 1.82) is 0 Å². The van der Waals surface area contributed by atoms with Crippen molar-refractivity contribution < 1.29 is 22.4 Å². The van der Waals surface area contributed by atoms with Crippen LogP contribution in [0.25, 0.3) is 0 Å². The normalized spacial score (nSPS) is 15.9. The molecule has 1 aliphatic rings. The third-order valence-corrected chi connectivity index (χ3v) is 7.09. The number of hydrogen-bond donors (Lipinski definition) is 1. The van der Waals surface area contributed by atoms with E-state index in [1.165, 1.54) is 21.3 Å². The second kappa shape index (κ2) is 10.1. The quantitative estimate of drug-likeness (QED) is 0.669. The van der Waals surface area contributed by atoms with Crippen LogP contribution >= 0.6 is 0 Å². The molecule has 2 amide bonds. The van der Waals surface area contributed by atoms with Crippen LogP contribution in [-0.2, 0) is 14.8 Å². The van der Waals surface area contributed by atoms with Gasteiger partial charge in [-0.2, -0.15) is 4.31 Å². The third-order valence-electron chi connectivity index (χ3n) is 5.31. The Bertz CT molecular complexity index is 997. The summed E-state index contributed by atoms with van der Waals surface area (Å²) in [6.07, 6.45) is 3.26. The second-order valence-corrected chi connectivity index (χ2v) is 9.48. The maximum Gasteiger partial charge on any atom is 0.290 e. The number of carbonyl (C=O) groups excluding carboxylic acids is 2. The number of sulfonamides is 1. The minimum atomic E-state index is -3.77. The number of nitrogens with zero attached hydrogens (tertiary/aromatic N) is 2. The molecule has 1 aromatic carbocycles. The van der Waals surface area contributed by atoms with E-state index in [1.807, 2.05) is 25.1 Å². The van der Waals surface area contributed by atoms with Crippen LogP contribution in [0.2, 0.25) is 0 Å². The first-order valence-electron chi connectivity index (χ1n) is 10.6. The van der Waals surface area contributed by atoms with Crippen LogP contribution in [0.5, 0.6) is 0 Å². The van der Waals surface area contributed by atoms with Gasteiger partial charge in [0.25, 0.3) is 15.9 Å². The van der Waals surface area contributed by atoms with E-state index in [4.69, 9.17) is 4.42 Å². The number of rotatable bonds is 8. The summed E-state index contributed by atoms with van der Waals surface area (Å²) < 4.78 is 32.5. The van der Waals surface area contributed by atoms with Gasteiger partial charge in [0.1, 0.15) is 6.04 Å². The molecule has 1 saturated heterocycles. The molecule has 1 unspecified atom stereocenters. The molecule has 0 aliphatic carbocycles. The fourth-order valence-corrected chi connectivity index (χ4v) is 5.00. The summed E-state index contributed by atoms with van der Waals surface area (Å²) in [5.74, 6) is -0.943. The summed E-state index contributed by atoms with van der Waals surface area (Å²) in [5, 5.41) is 2.55. The molecule has 1 N–H and O–H groups in total. The molecule has 31 heavy (non-hydrogen) atoms. The number of hydrogen-bond acceptors (Lipinski definition) is 5. The number of para-hydroxylation sites is 1. The van der Waals surface area contributed by atoms with E-state index in [-0.39, 0.29) is 16.8 Å². The Morgan fingerprint density at radius 1 is 1.10 bits per heavy atom. The topological polar surface area (TPSA) is 99.9 Å². The molecule has 2 heterocycles. The number of furan rings is 1. The van der Waals surface area contributed by atoms with Crippen molar-refractivity contribution in [2.24, 2.45) is 0 Å². The fourth-order valence-electron chi connectivity index (χ4n) is 3.57. The number of benzene rings is 1. The summed E-state index contributed by atoms with van der Waals surface area (Å²) in [5.41, 5.74) is 0.635. The summed E-state index contributed by atoms with van der Waals surface area (Å²) >= 11 is 0. The maximum atomic E-state index is 13.1. The lowest BCUT2D eigenvalue weighted by atomic mass is 10.2. The second-order valence-electron chi connectivity index (χ2n) is 7.61. The minimum Gasteiger partial charge on any atom is -0.438 e. The first-order valence-corrected chi connectivity index (χ1v) is 12.1. The van der Waals surface area contributed by atoms with Gasteiger partial charge in [-0.3, -0.25) is 9.59 Å². The first kappa shape index (κ1) is 23.0. The highest BCUT2D eigenvalue weighted by Crippen LogP contribution is 2.23. The number of amides is 2. The van der Waals surface area contributed by atoms with Crippen molar-refractivity contribution in [3.8, 4) is 0 Å². The Balaban J connectivity index is 1.76. The predicted molar refractivity (Wildman–Crippen MR) is 117 cm³/mol. The van der Waals surface area contributed by atoms with Gasteiger partial charge in [-0.1, -0.05) is 31.5 Å². The van der Waals surface area contributed by atoms with E-state index in [1.54, 1.807) is 19.1 Å². The summed E-state index contributed by atoms with van der Waals surface area (Å²) in [6.45, 7) is 4.77. The van der Waals surface area contributed by atoms with Crippen LogP contribution < -0.4 is 5.32 Å². The standard InChI is InChI=1S/C22H29N3O5S/c1-3-14-25(17(2)21(26)23-18-10-6-4-7-11-18)22(27)19-12-13-20(30-19)31(28,29)24-15-8-5-9-16-24/h4,6-7,10-13,17H,3,5,8-9,14-16H2,1-2H3,(H,23,26). The molecule has 2 aromatic rings. The van der Waals surface area contributed by atoms with Gasteiger partial charge in [-0.15, -0.1) is 0 Å². The van der Waals surface area contributed by atoms with Crippen molar-refractivity contribution in [2.45, 2.75) is 50.7 Å². The van der Waals surface area contributed by atoms with Gasteiger partial charge >= 0.3 is 0 Å². The van der Waals surface area contributed by atoms with Crippen molar-refractivity contribution in [2.75, 3.05) is 25.0 Å². The molecule has 0 spiro atoms. The number of anilines is 1. The molecule has 1 atom stereocenters. The smallest absolute Gasteiger partial charge is 0.290 e. The predicted octanol–water partition coefficient (Wildman–Crippen LogP) is 3.33. The molecule has 0 radical (unpaired) electrons. The third kappa shape index (κ3) is 5.34. The minimum absolute atomic E-state index is 0.0941. The van der Waals surface area contributed by atoms with E-state index >= 15 is 0 Å². The first-order chi connectivity index (χ1) is 14.8. The van der Waals surface area contributed by atoms with Gasteiger partial charge in [0.2, 0.25) is 11.0 Å². The largest absolute Gasteiger partial charge is 0.438 e. The maximum absolute atomic E-state index is 13.1. The lowest BCUT2D eigenvalue weighted by molar-refractivity contribution is -0.120. The lowest BCUT2D eigenvalue weighted by Gasteiger charge is -2.27. The average Bonchev–Trinajstić information content (AvgIpc) is 3.29. The highest BCUT2D eigenvalue weighted by molar-refractivity contribution is 7.89. The number of nitrogens with one attached hydrogen (secondary N) is 1. The fraction of sp³-hybridized carbons (Fsp3) is 0.455. The molecule has 1 aromatic heterocycles. The molecule has 1 aliphatic heterocycles. The highest BCUT2D eigenvalue weighted by Gasteiger charge is 2.32. The molecule has 168 valence electrons. The SMILES string of the molecule is CCCN(C(=O)c1ccc(S(=O)(=O)N2CCCCC2)o1)C(C)C(=O)Nc1ccccc1. The average molecular weight is 448 g/mol. The van der Waals surface area contributed by atoms with Gasteiger partial charge in [0, 0.05) is 25.3 Å². The molecular weight excluding hydrogens is 418 g/mol. The Hall–Kier alpha value is -2.65. The van der Waals surface area contributed by atoms with Crippen LogP contribution in [0, 0.1) is 0 Å². The van der Waals surface area contributed by atoms with E-state index in [0.717, 1.165) is 19.3 Å². The molecule has 0 bridgehead atoms. The van der Waals surface area contributed by atoms with Gasteiger partial charge in [0.05, 0.1) is 0 Å². The summed E-state index contributed by atoms with van der Waals surface area (Å²) in [6, 6.07) is 10.9. The summed E-state index contributed by atoms with van der Waals surface area (Å²) in [7, 11) is -3.77.